The Kier molecular flexibility index (Phi) is 4.56. The van der Waals surface area contributed by atoms with E-state index >= 15 is 0 Å². The van der Waals surface area contributed by atoms with Crippen LogP contribution in [0.1, 0.15) is 20.3 Å². The summed E-state index contributed by atoms with van der Waals surface area (Å²) in [6, 6.07) is 0.159. The molecule has 0 heterocycles. The van der Waals surface area contributed by atoms with E-state index in [2.05, 4.69) is 5.10 Å². The third-order valence-electron chi connectivity index (χ3n) is 1.17. The third kappa shape index (κ3) is 4.58. The average molecular weight is 159 g/mol. The van der Waals surface area contributed by atoms with E-state index in [9.17, 15) is 0 Å². The second kappa shape index (κ2) is 4.92. The molecule has 0 unspecified atom stereocenters. The fourth-order valence-corrected chi connectivity index (χ4v) is 0.462. The van der Waals surface area contributed by atoms with Crippen LogP contribution in [0.4, 0.5) is 0 Å². The highest BCUT2D eigenvalue weighted by molar-refractivity contribution is 5.80. The maximum atomic E-state index is 5.47. The van der Waals surface area contributed by atoms with Crippen LogP contribution in [-0.2, 0) is 0 Å². The number of rotatable bonds is 4. The number of nitrogens with zero attached hydrogens (tertiary/aromatic N) is 2. The minimum absolute atomic E-state index is 0.159. The Morgan fingerprint density at radius 3 is 2.45 bits per heavy atom. The van der Waals surface area contributed by atoms with Gasteiger partial charge in [-0.1, -0.05) is 0 Å². The van der Waals surface area contributed by atoms with Crippen LogP contribution in [-0.4, -0.2) is 23.5 Å². The first-order valence-corrected chi connectivity index (χ1v) is 3.65. The van der Waals surface area contributed by atoms with Crippen molar-refractivity contribution in [3.05, 3.63) is 0 Å². The van der Waals surface area contributed by atoms with E-state index in [1.54, 1.807) is 0 Å². The summed E-state index contributed by atoms with van der Waals surface area (Å²) < 4.78 is 0. The van der Waals surface area contributed by atoms with E-state index in [0.29, 0.717) is 18.8 Å². The largest absolute Gasteiger partial charge is 0.386 e. The molecule has 0 amide bonds. The van der Waals surface area contributed by atoms with Crippen LogP contribution in [0.25, 0.3) is 0 Å². The second-order valence-electron chi connectivity index (χ2n) is 2.60. The van der Waals surface area contributed by atoms with E-state index in [-0.39, 0.29) is 6.04 Å². The molecule has 0 radical (unpaired) electrons. The van der Waals surface area contributed by atoms with Gasteiger partial charge in [-0.2, -0.15) is 0 Å². The van der Waals surface area contributed by atoms with Crippen LogP contribution in [0.3, 0.4) is 0 Å². The molecule has 0 atom stereocenters. The lowest BCUT2D eigenvalue weighted by Gasteiger charge is -2.17. The van der Waals surface area contributed by atoms with Gasteiger partial charge in [0.25, 0.3) is 0 Å². The summed E-state index contributed by atoms with van der Waals surface area (Å²) in [5, 5.41) is 5.22. The van der Waals surface area contributed by atoms with Crippen molar-refractivity contribution in [3.63, 3.8) is 0 Å². The van der Waals surface area contributed by atoms with Gasteiger partial charge in [-0.25, -0.2) is 11.0 Å². The molecule has 0 aliphatic rings. The van der Waals surface area contributed by atoms with E-state index in [1.807, 2.05) is 13.8 Å². The Bertz CT molecular complexity index is 131. The molecule has 0 fully saturated rings. The van der Waals surface area contributed by atoms with Crippen molar-refractivity contribution in [2.75, 3.05) is 6.54 Å². The van der Waals surface area contributed by atoms with E-state index < -0.39 is 0 Å². The van der Waals surface area contributed by atoms with Gasteiger partial charge in [0, 0.05) is 6.42 Å². The van der Waals surface area contributed by atoms with Crippen LogP contribution in [0.5, 0.6) is 0 Å². The molecule has 0 bridgehead atoms. The van der Waals surface area contributed by atoms with Gasteiger partial charge in [-0.15, -0.1) is 5.10 Å². The Morgan fingerprint density at radius 1 is 1.55 bits per heavy atom. The zero-order valence-corrected chi connectivity index (χ0v) is 7.12. The molecule has 0 aliphatic heterocycles. The lowest BCUT2D eigenvalue weighted by atomic mass is 10.4. The summed E-state index contributed by atoms with van der Waals surface area (Å²) in [5.74, 6) is 5.95. The number of hydrazone groups is 1. The van der Waals surface area contributed by atoms with Crippen molar-refractivity contribution in [2.45, 2.75) is 26.3 Å². The van der Waals surface area contributed by atoms with Crippen LogP contribution < -0.4 is 17.3 Å². The predicted octanol–water partition coefficient (Wildman–Crippen LogP) is -0.808. The lowest BCUT2D eigenvalue weighted by Crippen LogP contribution is -2.35. The molecule has 0 aromatic rings. The fraction of sp³-hybridized carbons (Fsp3) is 0.833. The molecule has 0 rings (SSSR count). The normalized spacial score (nSPS) is 12.3. The summed E-state index contributed by atoms with van der Waals surface area (Å²) in [7, 11) is 0. The molecule has 5 nitrogen and oxygen atoms in total. The Hall–Kier alpha value is -0.810. The number of nitrogens with two attached hydrogens (primary N) is 3. The highest BCUT2D eigenvalue weighted by atomic mass is 15.6. The smallest absolute Gasteiger partial charge is 0.122 e. The molecule has 66 valence electrons. The van der Waals surface area contributed by atoms with Gasteiger partial charge in [-0.05, 0) is 20.4 Å². The van der Waals surface area contributed by atoms with Crippen molar-refractivity contribution in [1.29, 1.82) is 0 Å². The van der Waals surface area contributed by atoms with Gasteiger partial charge >= 0.3 is 0 Å². The molecule has 11 heavy (non-hydrogen) atoms. The molecule has 0 aromatic heterocycles. The summed E-state index contributed by atoms with van der Waals surface area (Å²) >= 11 is 0. The third-order valence-corrected chi connectivity index (χ3v) is 1.17. The first-order chi connectivity index (χ1) is 5.07. The summed E-state index contributed by atoms with van der Waals surface area (Å²) in [5.41, 5.74) is 10.7. The van der Waals surface area contributed by atoms with Crippen molar-refractivity contribution in [1.82, 2.24) is 5.12 Å². The zero-order chi connectivity index (χ0) is 8.85. The summed E-state index contributed by atoms with van der Waals surface area (Å²) in [4.78, 5) is 0. The monoisotopic (exact) mass is 159 g/mol. The van der Waals surface area contributed by atoms with Crippen molar-refractivity contribution in [3.8, 4) is 0 Å². The van der Waals surface area contributed by atoms with Crippen LogP contribution in [0, 0.1) is 0 Å². The number of hydrogen-bond acceptors (Lipinski definition) is 4. The Balaban J connectivity index is 3.86. The topological polar surface area (TPSA) is 93.7 Å². The first kappa shape index (κ1) is 10.2. The number of hydrogen-bond donors (Lipinski definition) is 3. The first-order valence-electron chi connectivity index (χ1n) is 3.65. The molecule has 5 heteroatoms. The number of amidine groups is 1. The van der Waals surface area contributed by atoms with E-state index in [0.717, 1.165) is 0 Å². The van der Waals surface area contributed by atoms with Gasteiger partial charge in [-0.3, -0.25) is 0 Å². The van der Waals surface area contributed by atoms with Crippen molar-refractivity contribution >= 4 is 5.84 Å². The van der Waals surface area contributed by atoms with Gasteiger partial charge in [0.1, 0.15) is 5.84 Å². The molecular weight excluding hydrogens is 142 g/mol. The summed E-state index contributed by atoms with van der Waals surface area (Å²) in [6.07, 6.45) is 0.584. The molecule has 0 spiro atoms. The van der Waals surface area contributed by atoms with E-state index in [1.165, 1.54) is 5.12 Å². The zero-order valence-electron chi connectivity index (χ0n) is 7.12. The van der Waals surface area contributed by atoms with Crippen LogP contribution in [0.2, 0.25) is 0 Å². The maximum Gasteiger partial charge on any atom is 0.122 e. The predicted molar refractivity (Wildman–Crippen MR) is 46.5 cm³/mol. The minimum atomic E-state index is 0.159. The average Bonchev–Trinajstić information content (AvgIpc) is 1.87. The SMILES string of the molecule is CC(C)N(N)/N=C(\N)CCN. The van der Waals surface area contributed by atoms with Gasteiger partial charge in [0.15, 0.2) is 0 Å². The van der Waals surface area contributed by atoms with Crippen molar-refractivity contribution < 1.29 is 0 Å². The standard InChI is InChI=1S/C6H17N5/c1-5(2)11(9)10-6(8)3-4-7/h5H,3-4,7,9H2,1-2H3,(H2,8,10). The Labute approximate surface area is 67.2 Å². The van der Waals surface area contributed by atoms with Gasteiger partial charge in [0.2, 0.25) is 0 Å². The minimum Gasteiger partial charge on any atom is -0.386 e. The van der Waals surface area contributed by atoms with Crippen LogP contribution >= 0.6 is 0 Å². The van der Waals surface area contributed by atoms with E-state index in [4.69, 9.17) is 17.3 Å². The molecular formula is C6H17N5. The lowest BCUT2D eigenvalue weighted by molar-refractivity contribution is 0.239. The molecule has 0 aliphatic carbocycles. The maximum absolute atomic E-state index is 5.47. The molecule has 0 saturated heterocycles. The van der Waals surface area contributed by atoms with Crippen molar-refractivity contribution in [2.24, 2.45) is 22.4 Å². The van der Waals surface area contributed by atoms with Crippen LogP contribution in [0.15, 0.2) is 5.10 Å². The quantitative estimate of drug-likeness (QED) is 0.216. The second-order valence-corrected chi connectivity index (χ2v) is 2.60. The molecule has 6 N–H and O–H groups in total. The molecule has 0 aromatic carbocycles. The van der Waals surface area contributed by atoms with Gasteiger partial charge in [0.05, 0.1) is 6.04 Å². The highest BCUT2D eigenvalue weighted by Gasteiger charge is 1.99. The van der Waals surface area contributed by atoms with Gasteiger partial charge < -0.3 is 11.5 Å². The summed E-state index contributed by atoms with van der Waals surface area (Å²) in [6.45, 7) is 4.36. The molecule has 0 saturated carbocycles. The fourth-order valence-electron chi connectivity index (χ4n) is 0.462. The Morgan fingerprint density at radius 2 is 2.09 bits per heavy atom. The number of hydrazine groups is 1. The highest BCUT2D eigenvalue weighted by Crippen LogP contribution is 1.90.